The van der Waals surface area contributed by atoms with E-state index in [9.17, 15) is 4.79 Å². The van der Waals surface area contributed by atoms with Crippen molar-refractivity contribution in [1.29, 1.82) is 0 Å². The molecule has 1 aromatic carbocycles. The van der Waals surface area contributed by atoms with Gasteiger partial charge in [-0.25, -0.2) is 4.98 Å². The van der Waals surface area contributed by atoms with Crippen molar-refractivity contribution in [2.24, 2.45) is 5.92 Å². The van der Waals surface area contributed by atoms with Crippen LogP contribution in [0.15, 0.2) is 18.2 Å². The molecule has 2 rings (SSSR count). The zero-order chi connectivity index (χ0) is 15.6. The number of aromatic nitrogens is 2. The minimum Gasteiger partial charge on any atom is -0.354 e. The fourth-order valence-corrected chi connectivity index (χ4v) is 2.41. The summed E-state index contributed by atoms with van der Waals surface area (Å²) in [6.45, 7) is 8.97. The summed E-state index contributed by atoms with van der Waals surface area (Å²) in [5, 5.41) is 2.70. The van der Waals surface area contributed by atoms with E-state index < -0.39 is 0 Å². The van der Waals surface area contributed by atoms with Gasteiger partial charge in [0.25, 0.3) is 0 Å². The average Bonchev–Trinajstić information content (AvgIpc) is 2.75. The lowest BCUT2D eigenvalue weighted by Crippen LogP contribution is -2.31. The molecule has 5 heteroatoms. The first-order chi connectivity index (χ1) is 9.88. The van der Waals surface area contributed by atoms with Crippen molar-refractivity contribution >= 4 is 28.5 Å². The third-order valence-corrected chi connectivity index (χ3v) is 3.49. The van der Waals surface area contributed by atoms with Gasteiger partial charge in [-0.3, -0.25) is 4.79 Å². The number of halogens is 1. The van der Waals surface area contributed by atoms with Gasteiger partial charge in [-0.1, -0.05) is 19.9 Å². The van der Waals surface area contributed by atoms with Crippen molar-refractivity contribution in [3.8, 4) is 0 Å². The molecule has 1 amide bonds. The summed E-state index contributed by atoms with van der Waals surface area (Å²) in [6, 6.07) is 6.03. The van der Waals surface area contributed by atoms with Gasteiger partial charge in [0.2, 0.25) is 5.91 Å². The molecule has 1 aromatic heterocycles. The quantitative estimate of drug-likeness (QED) is 0.860. The highest BCUT2D eigenvalue weighted by Crippen LogP contribution is 2.25. The van der Waals surface area contributed by atoms with Crippen molar-refractivity contribution < 1.29 is 4.79 Å². The predicted octanol–water partition coefficient (Wildman–Crippen LogP) is 3.42. The molecule has 0 saturated carbocycles. The van der Waals surface area contributed by atoms with E-state index in [1.54, 1.807) is 0 Å². The van der Waals surface area contributed by atoms with Gasteiger partial charge in [0, 0.05) is 6.54 Å². The molecule has 0 aliphatic carbocycles. The minimum absolute atomic E-state index is 0.0110. The minimum atomic E-state index is -0.240. The Bertz CT molecular complexity index is 646. The van der Waals surface area contributed by atoms with Crippen LogP contribution >= 0.6 is 11.6 Å². The number of imidazole rings is 1. The second-order valence-electron chi connectivity index (χ2n) is 5.86. The maximum atomic E-state index is 12.1. The molecule has 0 spiro atoms. The summed E-state index contributed by atoms with van der Waals surface area (Å²) in [5.41, 5.74) is 2.97. The van der Waals surface area contributed by atoms with E-state index in [0.29, 0.717) is 12.5 Å². The highest BCUT2D eigenvalue weighted by molar-refractivity contribution is 6.20. The van der Waals surface area contributed by atoms with E-state index in [4.69, 9.17) is 11.6 Å². The number of nitrogens with zero attached hydrogens (tertiary/aromatic N) is 2. The molecule has 1 atom stereocenters. The van der Waals surface area contributed by atoms with E-state index in [-0.39, 0.29) is 17.8 Å². The molecule has 1 N–H and O–H groups in total. The van der Waals surface area contributed by atoms with Crippen LogP contribution in [-0.2, 0) is 11.3 Å². The summed E-state index contributed by atoms with van der Waals surface area (Å²) in [7, 11) is 0. The molecule has 1 heterocycles. The summed E-state index contributed by atoms with van der Waals surface area (Å²) in [4.78, 5) is 16.7. The first kappa shape index (κ1) is 15.8. The average molecular weight is 308 g/mol. The van der Waals surface area contributed by atoms with E-state index in [0.717, 1.165) is 22.4 Å². The number of rotatable bonds is 5. The molecular weight excluding hydrogens is 286 g/mol. The van der Waals surface area contributed by atoms with Gasteiger partial charge < -0.3 is 9.88 Å². The molecule has 0 bridgehead atoms. The van der Waals surface area contributed by atoms with E-state index in [2.05, 4.69) is 24.1 Å². The van der Waals surface area contributed by atoms with Crippen LogP contribution in [0.3, 0.4) is 0 Å². The lowest BCUT2D eigenvalue weighted by atomic mass is 10.2. The molecule has 1 unspecified atom stereocenters. The third-order valence-electron chi connectivity index (χ3n) is 3.30. The monoisotopic (exact) mass is 307 g/mol. The van der Waals surface area contributed by atoms with Crippen LogP contribution in [0, 0.1) is 12.8 Å². The van der Waals surface area contributed by atoms with Gasteiger partial charge in [0.15, 0.2) is 0 Å². The predicted molar refractivity (Wildman–Crippen MR) is 86.6 cm³/mol. The number of aryl methyl sites for hydroxylation is 1. The number of hydrogen-bond acceptors (Lipinski definition) is 2. The number of carbonyl (C=O) groups excluding carboxylic acids is 1. The van der Waals surface area contributed by atoms with Gasteiger partial charge >= 0.3 is 0 Å². The summed E-state index contributed by atoms with van der Waals surface area (Å²) < 4.78 is 1.91. The molecule has 2 aromatic rings. The normalized spacial score (nSPS) is 12.9. The Morgan fingerprint density at radius 3 is 2.71 bits per heavy atom. The first-order valence-electron chi connectivity index (χ1n) is 7.26. The zero-order valence-corrected chi connectivity index (χ0v) is 13.7. The van der Waals surface area contributed by atoms with Crippen molar-refractivity contribution in [2.45, 2.75) is 39.6 Å². The number of benzene rings is 1. The fourth-order valence-electron chi connectivity index (χ4n) is 2.24. The molecule has 0 saturated heterocycles. The molecule has 4 nitrogen and oxygen atoms in total. The summed E-state index contributed by atoms with van der Waals surface area (Å²) in [6.07, 6.45) is 0. The van der Waals surface area contributed by atoms with Gasteiger partial charge in [0.1, 0.15) is 12.4 Å². The standard InChI is InChI=1S/C16H22ClN3O/c1-10(2)8-18-15(21)9-20-14-7-11(3)5-6-13(14)19-16(20)12(4)17/h5-7,10,12H,8-9H2,1-4H3,(H,18,21). The van der Waals surface area contributed by atoms with E-state index in [1.807, 2.05) is 36.6 Å². The van der Waals surface area contributed by atoms with Crippen LogP contribution < -0.4 is 5.32 Å². The van der Waals surface area contributed by atoms with Crippen molar-refractivity contribution in [3.63, 3.8) is 0 Å². The smallest absolute Gasteiger partial charge is 0.240 e. The molecule has 114 valence electrons. The van der Waals surface area contributed by atoms with Crippen LogP contribution in [-0.4, -0.2) is 22.0 Å². The lowest BCUT2D eigenvalue weighted by molar-refractivity contribution is -0.121. The number of carbonyl (C=O) groups is 1. The fraction of sp³-hybridized carbons (Fsp3) is 0.500. The van der Waals surface area contributed by atoms with Crippen LogP contribution in [0.4, 0.5) is 0 Å². The van der Waals surface area contributed by atoms with Crippen LogP contribution in [0.5, 0.6) is 0 Å². The largest absolute Gasteiger partial charge is 0.354 e. The Labute approximate surface area is 130 Å². The van der Waals surface area contributed by atoms with Crippen LogP contribution in [0.1, 0.15) is 37.5 Å². The number of hydrogen-bond donors (Lipinski definition) is 1. The van der Waals surface area contributed by atoms with Gasteiger partial charge in [-0.2, -0.15) is 0 Å². The van der Waals surface area contributed by atoms with Crippen molar-refractivity contribution in [3.05, 3.63) is 29.6 Å². The maximum absolute atomic E-state index is 12.1. The van der Waals surface area contributed by atoms with E-state index in [1.165, 1.54) is 0 Å². The maximum Gasteiger partial charge on any atom is 0.240 e. The molecular formula is C16H22ClN3O. The highest BCUT2D eigenvalue weighted by atomic mass is 35.5. The Kier molecular flexibility index (Phi) is 4.88. The molecule has 0 aliphatic heterocycles. The van der Waals surface area contributed by atoms with E-state index >= 15 is 0 Å². The Hall–Kier alpha value is -1.55. The summed E-state index contributed by atoms with van der Waals surface area (Å²) >= 11 is 6.22. The number of nitrogens with one attached hydrogen (secondary N) is 1. The van der Waals surface area contributed by atoms with Gasteiger partial charge in [0.05, 0.1) is 16.4 Å². The van der Waals surface area contributed by atoms with Crippen molar-refractivity contribution in [2.75, 3.05) is 6.54 Å². The SMILES string of the molecule is Cc1ccc2nc(C(C)Cl)n(CC(=O)NCC(C)C)c2c1. The van der Waals surface area contributed by atoms with Crippen molar-refractivity contribution in [1.82, 2.24) is 14.9 Å². The third kappa shape index (κ3) is 3.76. The lowest BCUT2D eigenvalue weighted by Gasteiger charge is -2.12. The van der Waals surface area contributed by atoms with Crippen LogP contribution in [0.2, 0.25) is 0 Å². The topological polar surface area (TPSA) is 46.9 Å². The molecule has 0 aliphatic rings. The molecule has 0 radical (unpaired) electrons. The second-order valence-corrected chi connectivity index (χ2v) is 6.52. The number of fused-ring (bicyclic) bond motifs is 1. The summed E-state index contributed by atoms with van der Waals surface area (Å²) in [5.74, 6) is 1.15. The number of alkyl halides is 1. The molecule has 21 heavy (non-hydrogen) atoms. The molecule has 0 fully saturated rings. The van der Waals surface area contributed by atoms with Crippen LogP contribution in [0.25, 0.3) is 11.0 Å². The van der Waals surface area contributed by atoms with Gasteiger partial charge in [-0.05, 0) is 37.5 Å². The Morgan fingerprint density at radius 1 is 1.38 bits per heavy atom. The van der Waals surface area contributed by atoms with Gasteiger partial charge in [-0.15, -0.1) is 11.6 Å². The second kappa shape index (κ2) is 6.48. The number of amides is 1. The zero-order valence-electron chi connectivity index (χ0n) is 13.0. The highest BCUT2D eigenvalue weighted by Gasteiger charge is 2.17. The Morgan fingerprint density at radius 2 is 2.10 bits per heavy atom. The Balaban J connectivity index is 2.33. The first-order valence-corrected chi connectivity index (χ1v) is 7.69.